The van der Waals surface area contributed by atoms with Gasteiger partial charge < -0.3 is 20.7 Å². The summed E-state index contributed by atoms with van der Waals surface area (Å²) in [5.74, 6) is 0.173. The van der Waals surface area contributed by atoms with Gasteiger partial charge in [-0.15, -0.1) is 0 Å². The van der Waals surface area contributed by atoms with E-state index < -0.39 is 12.1 Å². The number of nitrogens with one attached hydrogen (secondary N) is 3. The summed E-state index contributed by atoms with van der Waals surface area (Å²) in [6.45, 7) is 9.42. The summed E-state index contributed by atoms with van der Waals surface area (Å²) in [5, 5.41) is 16.9. The van der Waals surface area contributed by atoms with Gasteiger partial charge in [-0.3, -0.25) is 4.79 Å². The molecule has 0 saturated carbocycles. The van der Waals surface area contributed by atoms with E-state index in [0.717, 1.165) is 0 Å². The number of ether oxygens (including phenoxy) is 1. The van der Waals surface area contributed by atoms with E-state index in [4.69, 9.17) is 10.00 Å². The van der Waals surface area contributed by atoms with Gasteiger partial charge in [0.2, 0.25) is 5.91 Å². The van der Waals surface area contributed by atoms with Crippen LogP contribution >= 0.6 is 0 Å². The predicted octanol–water partition coefficient (Wildman–Crippen LogP) is 2.38. The van der Waals surface area contributed by atoms with E-state index in [1.807, 2.05) is 33.8 Å². The molecule has 24 heavy (non-hydrogen) atoms. The Morgan fingerprint density at radius 2 is 2.00 bits per heavy atom. The summed E-state index contributed by atoms with van der Waals surface area (Å²) < 4.78 is 5.42. The second-order valence-electron chi connectivity index (χ2n) is 6.32. The summed E-state index contributed by atoms with van der Waals surface area (Å²) in [5.41, 5.74) is 0.386. The standard InChI is InChI=1S/C17H24N4O3/c1-6-24-14-8-7-12(10-18)9-13(14)20-16(23)19-11(2)15(22)21-17(3,4)5/h7-9,11H,6H2,1-5H3,(H,21,22)(H2,19,20,23). The number of benzene rings is 1. The lowest BCUT2D eigenvalue weighted by atomic mass is 10.1. The van der Waals surface area contributed by atoms with Crippen LogP contribution in [-0.4, -0.2) is 30.1 Å². The molecular weight excluding hydrogens is 308 g/mol. The second-order valence-corrected chi connectivity index (χ2v) is 6.32. The van der Waals surface area contributed by atoms with Gasteiger partial charge in [-0.05, 0) is 52.8 Å². The second kappa shape index (κ2) is 8.20. The number of hydrogen-bond acceptors (Lipinski definition) is 4. The molecule has 7 nitrogen and oxygen atoms in total. The highest BCUT2D eigenvalue weighted by atomic mass is 16.5. The van der Waals surface area contributed by atoms with E-state index in [1.54, 1.807) is 19.1 Å². The number of rotatable bonds is 5. The van der Waals surface area contributed by atoms with Gasteiger partial charge in [0.15, 0.2) is 0 Å². The van der Waals surface area contributed by atoms with Crippen LogP contribution in [0.5, 0.6) is 5.75 Å². The van der Waals surface area contributed by atoms with Crippen molar-refractivity contribution in [1.29, 1.82) is 5.26 Å². The van der Waals surface area contributed by atoms with Crippen molar-refractivity contribution >= 4 is 17.6 Å². The van der Waals surface area contributed by atoms with Gasteiger partial charge in [0.25, 0.3) is 0 Å². The molecule has 3 amide bonds. The van der Waals surface area contributed by atoms with Gasteiger partial charge in [-0.25, -0.2) is 4.79 Å². The molecule has 1 aromatic carbocycles. The average Bonchev–Trinajstić information content (AvgIpc) is 2.47. The highest BCUT2D eigenvalue weighted by Gasteiger charge is 2.21. The van der Waals surface area contributed by atoms with Crippen LogP contribution in [0.4, 0.5) is 10.5 Å². The molecule has 3 N–H and O–H groups in total. The fraction of sp³-hybridized carbons (Fsp3) is 0.471. The third-order valence-electron chi connectivity index (χ3n) is 2.90. The first kappa shape index (κ1) is 19.3. The Hall–Kier alpha value is -2.75. The molecule has 0 aliphatic carbocycles. The number of hydrogen-bond donors (Lipinski definition) is 3. The molecular formula is C17H24N4O3. The van der Waals surface area contributed by atoms with Crippen LogP contribution in [0.1, 0.15) is 40.2 Å². The Labute approximate surface area is 142 Å². The highest BCUT2D eigenvalue weighted by Crippen LogP contribution is 2.25. The van der Waals surface area contributed by atoms with Crippen LogP contribution in [0, 0.1) is 11.3 Å². The third-order valence-corrected chi connectivity index (χ3v) is 2.90. The molecule has 1 unspecified atom stereocenters. The van der Waals surface area contributed by atoms with E-state index in [9.17, 15) is 9.59 Å². The molecule has 1 aromatic rings. The first-order chi connectivity index (χ1) is 11.2. The number of nitrogens with zero attached hydrogens (tertiary/aromatic N) is 1. The molecule has 0 aliphatic rings. The fourth-order valence-corrected chi connectivity index (χ4v) is 1.88. The average molecular weight is 332 g/mol. The maximum absolute atomic E-state index is 12.1. The molecule has 0 aromatic heterocycles. The summed E-state index contributed by atoms with van der Waals surface area (Å²) in [4.78, 5) is 24.1. The largest absolute Gasteiger partial charge is 0.492 e. The molecule has 0 saturated heterocycles. The van der Waals surface area contributed by atoms with Gasteiger partial charge in [-0.1, -0.05) is 0 Å². The number of anilines is 1. The minimum absolute atomic E-state index is 0.284. The van der Waals surface area contributed by atoms with Crippen molar-refractivity contribution in [2.45, 2.75) is 46.2 Å². The molecule has 0 aliphatic heterocycles. The number of nitriles is 1. The van der Waals surface area contributed by atoms with Crippen LogP contribution in [0.25, 0.3) is 0 Å². The molecule has 0 fully saturated rings. The van der Waals surface area contributed by atoms with Gasteiger partial charge in [-0.2, -0.15) is 5.26 Å². The fourth-order valence-electron chi connectivity index (χ4n) is 1.88. The maximum Gasteiger partial charge on any atom is 0.319 e. The SMILES string of the molecule is CCOc1ccc(C#N)cc1NC(=O)NC(C)C(=O)NC(C)(C)C. The number of carbonyl (C=O) groups is 2. The Kier molecular flexibility index (Phi) is 6.59. The highest BCUT2D eigenvalue weighted by molar-refractivity contribution is 5.94. The van der Waals surface area contributed by atoms with Crippen molar-refractivity contribution in [3.63, 3.8) is 0 Å². The quantitative estimate of drug-likeness (QED) is 0.770. The van der Waals surface area contributed by atoms with Gasteiger partial charge in [0.1, 0.15) is 11.8 Å². The molecule has 1 atom stereocenters. The van der Waals surface area contributed by atoms with Crippen LogP contribution < -0.4 is 20.7 Å². The third kappa shape index (κ3) is 6.16. The predicted molar refractivity (Wildman–Crippen MR) is 91.8 cm³/mol. The summed E-state index contributed by atoms with van der Waals surface area (Å²) in [6, 6.07) is 5.48. The Balaban J connectivity index is 2.77. The van der Waals surface area contributed by atoms with E-state index in [0.29, 0.717) is 23.6 Å². The van der Waals surface area contributed by atoms with Crippen LogP contribution in [-0.2, 0) is 4.79 Å². The van der Waals surface area contributed by atoms with Crippen molar-refractivity contribution in [1.82, 2.24) is 10.6 Å². The van der Waals surface area contributed by atoms with Gasteiger partial charge in [0, 0.05) is 5.54 Å². The zero-order valence-corrected chi connectivity index (χ0v) is 14.7. The van der Waals surface area contributed by atoms with Crippen molar-refractivity contribution in [3.05, 3.63) is 23.8 Å². The van der Waals surface area contributed by atoms with Gasteiger partial charge in [0.05, 0.1) is 23.9 Å². The first-order valence-electron chi connectivity index (χ1n) is 7.72. The van der Waals surface area contributed by atoms with E-state index in [2.05, 4.69) is 16.0 Å². The summed E-state index contributed by atoms with van der Waals surface area (Å²) in [7, 11) is 0. The number of urea groups is 1. The Morgan fingerprint density at radius 1 is 1.33 bits per heavy atom. The van der Waals surface area contributed by atoms with E-state index in [-0.39, 0.29) is 11.4 Å². The minimum atomic E-state index is -0.709. The molecule has 0 heterocycles. The first-order valence-corrected chi connectivity index (χ1v) is 7.72. The monoisotopic (exact) mass is 332 g/mol. The minimum Gasteiger partial charge on any atom is -0.492 e. The van der Waals surface area contributed by atoms with Crippen LogP contribution in [0.2, 0.25) is 0 Å². The lowest BCUT2D eigenvalue weighted by Crippen LogP contribution is -2.51. The molecule has 130 valence electrons. The van der Waals surface area contributed by atoms with Crippen molar-refractivity contribution in [3.8, 4) is 11.8 Å². The van der Waals surface area contributed by atoms with Gasteiger partial charge >= 0.3 is 6.03 Å². The Bertz CT molecular complexity index is 644. The lowest BCUT2D eigenvalue weighted by Gasteiger charge is -2.23. The van der Waals surface area contributed by atoms with E-state index >= 15 is 0 Å². The molecule has 0 bridgehead atoms. The summed E-state index contributed by atoms with van der Waals surface area (Å²) >= 11 is 0. The topological polar surface area (TPSA) is 103 Å². The van der Waals surface area contributed by atoms with Crippen molar-refractivity contribution in [2.75, 3.05) is 11.9 Å². The Morgan fingerprint density at radius 3 is 2.54 bits per heavy atom. The van der Waals surface area contributed by atoms with Crippen LogP contribution in [0.15, 0.2) is 18.2 Å². The molecule has 1 rings (SSSR count). The van der Waals surface area contributed by atoms with Crippen molar-refractivity contribution in [2.24, 2.45) is 0 Å². The van der Waals surface area contributed by atoms with Crippen molar-refractivity contribution < 1.29 is 14.3 Å². The molecule has 0 radical (unpaired) electrons. The lowest BCUT2D eigenvalue weighted by molar-refractivity contribution is -0.123. The molecule has 0 spiro atoms. The molecule has 7 heteroatoms. The normalized spacial score (nSPS) is 11.8. The summed E-state index contributed by atoms with van der Waals surface area (Å²) in [6.07, 6.45) is 0. The smallest absolute Gasteiger partial charge is 0.319 e. The number of amides is 3. The zero-order valence-electron chi connectivity index (χ0n) is 14.7. The van der Waals surface area contributed by atoms with E-state index in [1.165, 1.54) is 6.07 Å². The van der Waals surface area contributed by atoms with Crippen LogP contribution in [0.3, 0.4) is 0 Å². The number of carbonyl (C=O) groups excluding carboxylic acids is 2. The zero-order chi connectivity index (χ0) is 18.3. The maximum atomic E-state index is 12.1.